The minimum Gasteiger partial charge on any atom is -0.475 e. The number of benzene rings is 1. The van der Waals surface area contributed by atoms with Crippen molar-refractivity contribution in [1.82, 2.24) is 4.90 Å². The van der Waals surface area contributed by atoms with E-state index >= 15 is 0 Å². The number of rotatable bonds is 2. The zero-order chi connectivity index (χ0) is 21.4. The molecule has 0 aromatic heterocycles. The van der Waals surface area contributed by atoms with Crippen LogP contribution in [0.25, 0.3) is 0 Å². The van der Waals surface area contributed by atoms with E-state index in [-0.39, 0.29) is 11.8 Å². The van der Waals surface area contributed by atoms with Gasteiger partial charge in [-0.3, -0.25) is 9.59 Å². The van der Waals surface area contributed by atoms with Crippen LogP contribution < -0.4 is 4.90 Å². The number of likely N-dealkylation sites (tertiary alicyclic amines) is 1. The van der Waals surface area contributed by atoms with Crippen molar-refractivity contribution in [3.8, 4) is 0 Å². The van der Waals surface area contributed by atoms with E-state index in [4.69, 9.17) is 9.90 Å². The van der Waals surface area contributed by atoms with Gasteiger partial charge in [0.25, 0.3) is 0 Å². The molecule has 2 heterocycles. The Balaban J connectivity index is 0.000000298. The number of nitrogens with zero attached hydrogens (tertiary/aromatic N) is 2. The third-order valence-electron chi connectivity index (χ3n) is 5.81. The Morgan fingerprint density at radius 1 is 1.17 bits per heavy atom. The summed E-state index contributed by atoms with van der Waals surface area (Å²) in [5.74, 6) is -1.69. The minimum atomic E-state index is -5.08. The van der Waals surface area contributed by atoms with E-state index in [1.54, 1.807) is 6.92 Å². The number of amides is 2. The van der Waals surface area contributed by atoms with Crippen molar-refractivity contribution in [2.75, 3.05) is 24.5 Å². The molecule has 29 heavy (non-hydrogen) atoms. The molecule has 1 saturated carbocycles. The average molecular weight is 412 g/mol. The Labute approximate surface area is 166 Å². The van der Waals surface area contributed by atoms with Crippen molar-refractivity contribution >= 4 is 23.5 Å². The van der Waals surface area contributed by atoms with Gasteiger partial charge in [0.1, 0.15) is 0 Å². The number of hydrogen-bond acceptors (Lipinski definition) is 3. The van der Waals surface area contributed by atoms with Gasteiger partial charge in [0.2, 0.25) is 11.8 Å². The van der Waals surface area contributed by atoms with Gasteiger partial charge in [0.15, 0.2) is 0 Å². The van der Waals surface area contributed by atoms with E-state index in [2.05, 4.69) is 12.1 Å². The van der Waals surface area contributed by atoms with E-state index in [0.717, 1.165) is 25.1 Å². The lowest BCUT2D eigenvalue weighted by atomic mass is 9.73. The van der Waals surface area contributed by atoms with Gasteiger partial charge in [-0.05, 0) is 43.2 Å². The number of hydrogen-bond donors (Lipinski definition) is 1. The highest BCUT2D eigenvalue weighted by molar-refractivity contribution is 6.08. The predicted octanol–water partition coefficient (Wildman–Crippen LogP) is 2.96. The first-order valence-corrected chi connectivity index (χ1v) is 9.53. The van der Waals surface area contributed by atoms with Crippen molar-refractivity contribution < 1.29 is 32.7 Å². The molecular formula is C20H23F3N2O4. The fraction of sp³-hybridized carbons (Fsp3) is 0.550. The number of fused-ring (bicyclic) bond motifs is 2. The number of piperidine rings is 1. The fourth-order valence-corrected chi connectivity index (χ4v) is 4.02. The summed E-state index contributed by atoms with van der Waals surface area (Å²) in [6.45, 7) is 3.86. The van der Waals surface area contributed by atoms with Gasteiger partial charge >= 0.3 is 12.1 Å². The van der Waals surface area contributed by atoms with E-state index in [1.165, 1.54) is 18.4 Å². The van der Waals surface area contributed by atoms with Crippen LogP contribution in [0.1, 0.15) is 38.2 Å². The molecule has 2 amide bonds. The number of carbonyl (C=O) groups excluding carboxylic acids is 2. The van der Waals surface area contributed by atoms with Crippen LogP contribution in [0.5, 0.6) is 0 Å². The molecule has 1 aliphatic carbocycles. The monoisotopic (exact) mass is 412 g/mol. The molecule has 1 aromatic carbocycles. The first kappa shape index (κ1) is 21.1. The van der Waals surface area contributed by atoms with Crippen LogP contribution in [-0.4, -0.2) is 53.6 Å². The van der Waals surface area contributed by atoms with Crippen molar-refractivity contribution in [2.24, 2.45) is 5.92 Å². The van der Waals surface area contributed by atoms with Gasteiger partial charge in [-0.1, -0.05) is 18.2 Å². The van der Waals surface area contributed by atoms with Crippen LogP contribution in [-0.2, 0) is 19.8 Å². The standard InChI is InChI=1S/C18H22N2O2.C2HF3O2/c1-13(21)19-10-8-18(9-11-19)15-4-2-3-5-16(15)20(17(18)22)12-14-6-7-14;3-2(4,5)1(6)7/h2-5,14H,6-12H2,1H3;(H,6,7). The third kappa shape index (κ3) is 4.23. The molecule has 0 unspecified atom stereocenters. The molecule has 0 atom stereocenters. The molecule has 1 N–H and O–H groups in total. The molecule has 6 nitrogen and oxygen atoms in total. The van der Waals surface area contributed by atoms with Gasteiger partial charge in [-0.15, -0.1) is 0 Å². The summed E-state index contributed by atoms with van der Waals surface area (Å²) in [5.41, 5.74) is 1.90. The SMILES string of the molecule is CC(=O)N1CCC2(CC1)C(=O)N(CC1CC1)c1ccccc12.O=C(O)C(F)(F)F. The van der Waals surface area contributed by atoms with Crippen LogP contribution in [0, 0.1) is 5.92 Å². The highest BCUT2D eigenvalue weighted by Gasteiger charge is 2.52. The molecular weight excluding hydrogens is 389 g/mol. The van der Waals surface area contributed by atoms with Gasteiger partial charge in [0, 0.05) is 32.2 Å². The molecule has 3 aliphatic rings. The summed E-state index contributed by atoms with van der Waals surface area (Å²) < 4.78 is 31.7. The lowest BCUT2D eigenvalue weighted by Gasteiger charge is -2.38. The number of aliphatic carboxylic acids is 1. The number of carboxylic acids is 1. The number of carbonyl (C=O) groups is 3. The molecule has 0 radical (unpaired) electrons. The molecule has 2 fully saturated rings. The van der Waals surface area contributed by atoms with Crippen LogP contribution in [0.15, 0.2) is 24.3 Å². The van der Waals surface area contributed by atoms with E-state index < -0.39 is 17.6 Å². The Hall–Kier alpha value is -2.58. The van der Waals surface area contributed by atoms with E-state index in [0.29, 0.717) is 19.0 Å². The van der Waals surface area contributed by atoms with Crippen molar-refractivity contribution in [3.63, 3.8) is 0 Å². The molecule has 9 heteroatoms. The van der Waals surface area contributed by atoms with E-state index in [1.807, 2.05) is 21.9 Å². The maximum absolute atomic E-state index is 13.2. The zero-order valence-electron chi connectivity index (χ0n) is 16.0. The van der Waals surface area contributed by atoms with Crippen LogP contribution in [0.4, 0.5) is 18.9 Å². The second-order valence-corrected chi connectivity index (χ2v) is 7.77. The summed E-state index contributed by atoms with van der Waals surface area (Å²) in [6.07, 6.45) is -1.08. The van der Waals surface area contributed by atoms with Gasteiger partial charge in [-0.25, -0.2) is 4.79 Å². The number of alkyl halides is 3. The minimum absolute atomic E-state index is 0.114. The smallest absolute Gasteiger partial charge is 0.475 e. The topological polar surface area (TPSA) is 77.9 Å². The van der Waals surface area contributed by atoms with Crippen LogP contribution in [0.2, 0.25) is 0 Å². The number of anilines is 1. The summed E-state index contributed by atoms with van der Waals surface area (Å²) >= 11 is 0. The lowest BCUT2D eigenvalue weighted by molar-refractivity contribution is -0.192. The third-order valence-corrected chi connectivity index (χ3v) is 5.81. The highest BCUT2D eigenvalue weighted by Crippen LogP contribution is 2.49. The van der Waals surface area contributed by atoms with Crippen LogP contribution >= 0.6 is 0 Å². The molecule has 2 aliphatic heterocycles. The lowest BCUT2D eigenvalue weighted by Crippen LogP contribution is -2.50. The Kier molecular flexibility index (Phi) is 5.60. The van der Waals surface area contributed by atoms with Crippen molar-refractivity contribution in [1.29, 1.82) is 0 Å². The Bertz CT molecular complexity index is 812. The molecule has 4 rings (SSSR count). The summed E-state index contributed by atoms with van der Waals surface area (Å²) in [5, 5.41) is 7.12. The van der Waals surface area contributed by atoms with Crippen molar-refractivity contribution in [3.05, 3.63) is 29.8 Å². The summed E-state index contributed by atoms with van der Waals surface area (Å²) in [7, 11) is 0. The summed E-state index contributed by atoms with van der Waals surface area (Å²) in [4.78, 5) is 37.6. The Morgan fingerprint density at radius 2 is 1.72 bits per heavy atom. The molecule has 0 bridgehead atoms. The second-order valence-electron chi connectivity index (χ2n) is 7.77. The molecule has 1 spiro atoms. The largest absolute Gasteiger partial charge is 0.490 e. The number of halogens is 3. The first-order valence-electron chi connectivity index (χ1n) is 9.53. The summed E-state index contributed by atoms with van der Waals surface area (Å²) in [6, 6.07) is 8.26. The fourth-order valence-electron chi connectivity index (χ4n) is 4.02. The molecule has 158 valence electrons. The number of carboxylic acid groups (broad SMARTS) is 1. The molecule has 1 saturated heterocycles. The predicted molar refractivity (Wildman–Crippen MR) is 98.4 cm³/mol. The van der Waals surface area contributed by atoms with Crippen molar-refractivity contribution in [2.45, 2.75) is 44.2 Å². The van der Waals surface area contributed by atoms with E-state index in [9.17, 15) is 22.8 Å². The second kappa shape index (κ2) is 7.68. The normalized spacial score (nSPS) is 20.2. The van der Waals surface area contributed by atoms with Crippen LogP contribution in [0.3, 0.4) is 0 Å². The van der Waals surface area contributed by atoms with Gasteiger partial charge in [-0.2, -0.15) is 13.2 Å². The molecule has 1 aromatic rings. The quantitative estimate of drug-likeness (QED) is 0.810. The maximum atomic E-state index is 13.2. The first-order chi connectivity index (χ1) is 13.6. The zero-order valence-corrected chi connectivity index (χ0v) is 16.0. The average Bonchev–Trinajstić information content (AvgIpc) is 3.46. The Morgan fingerprint density at radius 3 is 2.21 bits per heavy atom. The van der Waals surface area contributed by atoms with Gasteiger partial charge < -0.3 is 14.9 Å². The maximum Gasteiger partial charge on any atom is 0.490 e. The highest BCUT2D eigenvalue weighted by atomic mass is 19.4. The number of para-hydroxylation sites is 1. The van der Waals surface area contributed by atoms with Gasteiger partial charge in [0.05, 0.1) is 5.41 Å².